The van der Waals surface area contributed by atoms with Crippen molar-refractivity contribution in [3.05, 3.63) is 65.0 Å². The van der Waals surface area contributed by atoms with Crippen molar-refractivity contribution < 1.29 is 9.18 Å². The van der Waals surface area contributed by atoms with Crippen LogP contribution in [0.3, 0.4) is 0 Å². The van der Waals surface area contributed by atoms with E-state index in [0.29, 0.717) is 5.69 Å². The minimum atomic E-state index is -0.512. The maximum Gasteiger partial charge on any atom is 0.258 e. The Morgan fingerprint density at radius 1 is 1.18 bits per heavy atom. The van der Waals surface area contributed by atoms with Gasteiger partial charge in [-0.1, -0.05) is 30.7 Å². The zero-order valence-electron chi connectivity index (χ0n) is 12.7. The zero-order chi connectivity index (χ0) is 15.2. The maximum atomic E-state index is 13.7. The third kappa shape index (κ3) is 4.83. The molecule has 0 aliphatic rings. The number of aryl methyl sites for hydroxylation is 1. The van der Waals surface area contributed by atoms with Crippen LogP contribution in [0.4, 0.5) is 10.1 Å². The third-order valence-electron chi connectivity index (χ3n) is 3.13. The molecule has 0 unspecified atom stereocenters. The van der Waals surface area contributed by atoms with E-state index in [0.717, 1.165) is 24.2 Å². The second-order valence-electron chi connectivity index (χ2n) is 4.92. The molecule has 22 heavy (non-hydrogen) atoms. The lowest BCUT2D eigenvalue weighted by Gasteiger charge is -2.09. The lowest BCUT2D eigenvalue weighted by molar-refractivity contribution is 0.102. The van der Waals surface area contributed by atoms with Gasteiger partial charge in [0, 0.05) is 12.2 Å². The van der Waals surface area contributed by atoms with Gasteiger partial charge in [0.05, 0.1) is 5.56 Å². The Bertz CT molecular complexity index is 646. The molecule has 0 heterocycles. The molecule has 2 aromatic carbocycles. The predicted octanol–water partition coefficient (Wildman–Crippen LogP) is 3.92. The number of benzene rings is 2. The topological polar surface area (TPSA) is 41.1 Å². The SMILES string of the molecule is CCNCc1cccc(NC(=O)c2cc(C)ccc2F)c1.Cl. The van der Waals surface area contributed by atoms with Gasteiger partial charge in [-0.15, -0.1) is 12.4 Å². The van der Waals surface area contributed by atoms with Crippen LogP contribution in [-0.4, -0.2) is 12.5 Å². The van der Waals surface area contributed by atoms with E-state index in [1.54, 1.807) is 18.2 Å². The zero-order valence-corrected chi connectivity index (χ0v) is 13.5. The molecule has 118 valence electrons. The van der Waals surface area contributed by atoms with Crippen LogP contribution in [0, 0.1) is 12.7 Å². The molecule has 0 radical (unpaired) electrons. The summed E-state index contributed by atoms with van der Waals surface area (Å²) >= 11 is 0. The molecule has 0 fully saturated rings. The van der Waals surface area contributed by atoms with Gasteiger partial charge in [-0.3, -0.25) is 4.79 Å². The number of carbonyl (C=O) groups is 1. The number of amides is 1. The summed E-state index contributed by atoms with van der Waals surface area (Å²) in [5, 5.41) is 5.96. The van der Waals surface area contributed by atoms with E-state index >= 15 is 0 Å². The number of carbonyl (C=O) groups excluding carboxylic acids is 1. The molecule has 0 bridgehead atoms. The minimum absolute atomic E-state index is 0. The second-order valence-corrected chi connectivity index (χ2v) is 4.92. The molecule has 0 saturated heterocycles. The first-order valence-corrected chi connectivity index (χ1v) is 6.97. The third-order valence-corrected chi connectivity index (χ3v) is 3.13. The summed E-state index contributed by atoms with van der Waals surface area (Å²) in [6.07, 6.45) is 0. The van der Waals surface area contributed by atoms with Crippen molar-refractivity contribution in [1.82, 2.24) is 5.32 Å². The van der Waals surface area contributed by atoms with Crippen LogP contribution in [0.2, 0.25) is 0 Å². The summed E-state index contributed by atoms with van der Waals surface area (Å²) in [6, 6.07) is 12.0. The number of halogens is 2. The fraction of sp³-hybridized carbons (Fsp3) is 0.235. The molecule has 1 amide bonds. The molecule has 0 spiro atoms. The standard InChI is InChI=1S/C17H19FN2O.ClH/c1-3-19-11-13-5-4-6-14(10-13)20-17(21)15-9-12(2)7-8-16(15)18;/h4-10,19H,3,11H2,1-2H3,(H,20,21);1H. The number of nitrogens with one attached hydrogen (secondary N) is 2. The van der Waals surface area contributed by atoms with Crippen molar-refractivity contribution >= 4 is 24.0 Å². The Morgan fingerprint density at radius 3 is 2.68 bits per heavy atom. The molecule has 5 heteroatoms. The average molecular weight is 323 g/mol. The Balaban J connectivity index is 0.00000242. The number of hydrogen-bond acceptors (Lipinski definition) is 2. The second kappa shape index (κ2) is 8.51. The maximum absolute atomic E-state index is 13.7. The molecule has 0 aromatic heterocycles. The van der Waals surface area contributed by atoms with Crippen LogP contribution in [0.25, 0.3) is 0 Å². The van der Waals surface area contributed by atoms with Crippen LogP contribution >= 0.6 is 12.4 Å². The summed E-state index contributed by atoms with van der Waals surface area (Å²) in [5.74, 6) is -0.946. The first-order chi connectivity index (χ1) is 10.1. The van der Waals surface area contributed by atoms with Crippen LogP contribution in [0.1, 0.15) is 28.4 Å². The average Bonchev–Trinajstić information content (AvgIpc) is 2.48. The van der Waals surface area contributed by atoms with Crippen molar-refractivity contribution in [2.45, 2.75) is 20.4 Å². The minimum Gasteiger partial charge on any atom is -0.322 e. The highest BCUT2D eigenvalue weighted by Crippen LogP contribution is 2.15. The van der Waals surface area contributed by atoms with Crippen LogP contribution < -0.4 is 10.6 Å². The van der Waals surface area contributed by atoms with Gasteiger partial charge in [0.2, 0.25) is 0 Å². The number of rotatable bonds is 5. The van der Waals surface area contributed by atoms with E-state index in [9.17, 15) is 9.18 Å². The van der Waals surface area contributed by atoms with Crippen molar-refractivity contribution in [2.24, 2.45) is 0 Å². The molecular weight excluding hydrogens is 303 g/mol. The van der Waals surface area contributed by atoms with E-state index in [4.69, 9.17) is 0 Å². The number of hydrogen-bond donors (Lipinski definition) is 2. The van der Waals surface area contributed by atoms with Gasteiger partial charge in [0.25, 0.3) is 5.91 Å². The lowest BCUT2D eigenvalue weighted by Crippen LogP contribution is -2.15. The van der Waals surface area contributed by atoms with E-state index in [1.807, 2.05) is 32.0 Å². The van der Waals surface area contributed by atoms with Crippen molar-refractivity contribution in [2.75, 3.05) is 11.9 Å². The molecule has 3 nitrogen and oxygen atoms in total. The Kier molecular flexibility index (Phi) is 7.02. The highest BCUT2D eigenvalue weighted by atomic mass is 35.5. The molecule has 0 atom stereocenters. The normalized spacial score (nSPS) is 9.95. The molecule has 2 N–H and O–H groups in total. The summed E-state index contributed by atoms with van der Waals surface area (Å²) < 4.78 is 13.7. The van der Waals surface area contributed by atoms with Crippen LogP contribution in [0.5, 0.6) is 0 Å². The van der Waals surface area contributed by atoms with Crippen molar-refractivity contribution in [1.29, 1.82) is 0 Å². The van der Waals surface area contributed by atoms with E-state index in [1.165, 1.54) is 6.07 Å². The van der Waals surface area contributed by atoms with Gasteiger partial charge in [-0.05, 0) is 43.3 Å². The van der Waals surface area contributed by atoms with Crippen LogP contribution in [0.15, 0.2) is 42.5 Å². The lowest BCUT2D eigenvalue weighted by atomic mass is 10.1. The first kappa shape index (κ1) is 18.1. The summed E-state index contributed by atoms with van der Waals surface area (Å²) in [6.45, 7) is 5.48. The largest absolute Gasteiger partial charge is 0.322 e. The van der Waals surface area contributed by atoms with Crippen molar-refractivity contribution in [3.63, 3.8) is 0 Å². The molecule has 0 saturated carbocycles. The summed E-state index contributed by atoms with van der Waals surface area (Å²) in [5.41, 5.74) is 2.64. The van der Waals surface area contributed by atoms with Gasteiger partial charge in [-0.2, -0.15) is 0 Å². The first-order valence-electron chi connectivity index (χ1n) is 6.97. The molecule has 0 aliphatic heterocycles. The van der Waals surface area contributed by atoms with E-state index in [2.05, 4.69) is 10.6 Å². The summed E-state index contributed by atoms with van der Waals surface area (Å²) in [4.78, 5) is 12.1. The number of anilines is 1. The molecule has 2 rings (SSSR count). The molecule has 0 aliphatic carbocycles. The predicted molar refractivity (Wildman–Crippen MR) is 90.2 cm³/mol. The molecular formula is C17H20ClFN2O. The van der Waals surface area contributed by atoms with Gasteiger partial charge in [0.15, 0.2) is 0 Å². The van der Waals surface area contributed by atoms with E-state index in [-0.39, 0.29) is 18.0 Å². The quantitative estimate of drug-likeness (QED) is 0.876. The Labute approximate surface area is 136 Å². The summed E-state index contributed by atoms with van der Waals surface area (Å²) in [7, 11) is 0. The van der Waals surface area contributed by atoms with Gasteiger partial charge >= 0.3 is 0 Å². The van der Waals surface area contributed by atoms with Gasteiger partial charge in [-0.25, -0.2) is 4.39 Å². The van der Waals surface area contributed by atoms with Crippen LogP contribution in [-0.2, 0) is 6.54 Å². The van der Waals surface area contributed by atoms with Crippen molar-refractivity contribution in [3.8, 4) is 0 Å². The monoisotopic (exact) mass is 322 g/mol. The van der Waals surface area contributed by atoms with E-state index < -0.39 is 11.7 Å². The Hall–Kier alpha value is -1.91. The van der Waals surface area contributed by atoms with Gasteiger partial charge < -0.3 is 10.6 Å². The fourth-order valence-corrected chi connectivity index (χ4v) is 2.04. The highest BCUT2D eigenvalue weighted by Gasteiger charge is 2.12. The van der Waals surface area contributed by atoms with Gasteiger partial charge in [0.1, 0.15) is 5.82 Å². The smallest absolute Gasteiger partial charge is 0.258 e. The fourth-order valence-electron chi connectivity index (χ4n) is 2.04. The molecule has 2 aromatic rings. The highest BCUT2D eigenvalue weighted by molar-refractivity contribution is 6.04. The Morgan fingerprint density at radius 2 is 1.95 bits per heavy atom.